The minimum atomic E-state index is -0.780. The van der Waals surface area contributed by atoms with Crippen molar-refractivity contribution in [2.75, 3.05) is 0 Å². The molecule has 1 atom stereocenters. The van der Waals surface area contributed by atoms with Crippen molar-refractivity contribution in [1.82, 2.24) is 4.90 Å². The van der Waals surface area contributed by atoms with Gasteiger partial charge >= 0.3 is 0 Å². The smallest absolute Gasteiger partial charge is 0.251 e. The molecule has 0 saturated carbocycles. The summed E-state index contributed by atoms with van der Waals surface area (Å²) >= 11 is 0. The van der Waals surface area contributed by atoms with Gasteiger partial charge in [0, 0.05) is 12.1 Å². The SMILES string of the molecule is CC1=C[C@H](O)N(Cc2ccccc2)C1=O. The van der Waals surface area contributed by atoms with E-state index >= 15 is 0 Å². The predicted octanol–water partition coefficient (Wildman–Crippen LogP) is 1.29. The van der Waals surface area contributed by atoms with E-state index in [9.17, 15) is 9.90 Å². The van der Waals surface area contributed by atoms with Gasteiger partial charge in [0.1, 0.15) is 6.23 Å². The van der Waals surface area contributed by atoms with Crippen LogP contribution in [0.2, 0.25) is 0 Å². The second-order valence-corrected chi connectivity index (χ2v) is 3.68. The summed E-state index contributed by atoms with van der Waals surface area (Å²) in [5, 5.41) is 9.62. The van der Waals surface area contributed by atoms with E-state index < -0.39 is 6.23 Å². The lowest BCUT2D eigenvalue weighted by Crippen LogP contribution is -2.33. The van der Waals surface area contributed by atoms with Crippen LogP contribution in [0.3, 0.4) is 0 Å². The molecule has 0 fully saturated rings. The summed E-state index contributed by atoms with van der Waals surface area (Å²) in [4.78, 5) is 13.1. The first-order valence-corrected chi connectivity index (χ1v) is 4.90. The third-order valence-electron chi connectivity index (χ3n) is 2.51. The molecule has 1 aliphatic heterocycles. The number of carbonyl (C=O) groups is 1. The van der Waals surface area contributed by atoms with Gasteiger partial charge < -0.3 is 10.0 Å². The normalized spacial score (nSPS) is 20.7. The zero-order chi connectivity index (χ0) is 10.8. The molecule has 1 aliphatic rings. The van der Waals surface area contributed by atoms with Crippen LogP contribution in [0.1, 0.15) is 12.5 Å². The average molecular weight is 203 g/mol. The summed E-state index contributed by atoms with van der Waals surface area (Å²) in [6, 6.07) is 9.64. The summed E-state index contributed by atoms with van der Waals surface area (Å²) in [7, 11) is 0. The molecule has 3 heteroatoms. The van der Waals surface area contributed by atoms with Crippen LogP contribution >= 0.6 is 0 Å². The molecular weight excluding hydrogens is 190 g/mol. The minimum Gasteiger partial charge on any atom is -0.370 e. The van der Waals surface area contributed by atoms with Crippen molar-refractivity contribution >= 4 is 5.91 Å². The number of hydrogen-bond donors (Lipinski definition) is 1. The van der Waals surface area contributed by atoms with E-state index in [-0.39, 0.29) is 5.91 Å². The molecule has 1 heterocycles. The van der Waals surface area contributed by atoms with Crippen LogP contribution in [-0.2, 0) is 11.3 Å². The summed E-state index contributed by atoms with van der Waals surface area (Å²) in [6.45, 7) is 2.17. The lowest BCUT2D eigenvalue weighted by Gasteiger charge is -2.20. The molecular formula is C12H13NO2. The highest BCUT2D eigenvalue weighted by atomic mass is 16.3. The molecule has 0 aliphatic carbocycles. The predicted molar refractivity (Wildman–Crippen MR) is 56.8 cm³/mol. The first-order valence-electron chi connectivity index (χ1n) is 4.90. The fourth-order valence-corrected chi connectivity index (χ4v) is 1.68. The summed E-state index contributed by atoms with van der Waals surface area (Å²) < 4.78 is 0. The van der Waals surface area contributed by atoms with Crippen molar-refractivity contribution in [2.45, 2.75) is 19.7 Å². The zero-order valence-electron chi connectivity index (χ0n) is 8.55. The molecule has 2 rings (SSSR count). The van der Waals surface area contributed by atoms with Gasteiger partial charge in [-0.25, -0.2) is 0 Å². The topological polar surface area (TPSA) is 40.5 Å². The lowest BCUT2D eigenvalue weighted by molar-refractivity contribution is -0.132. The molecule has 0 spiro atoms. The van der Waals surface area contributed by atoms with Gasteiger partial charge in [0.05, 0.1) is 0 Å². The van der Waals surface area contributed by atoms with Crippen LogP contribution in [0.5, 0.6) is 0 Å². The number of amides is 1. The standard InChI is InChI=1S/C12H13NO2/c1-9-7-11(14)13(12(9)15)8-10-5-3-2-4-6-10/h2-7,11,14H,8H2,1H3/t11-/m0/s1. The molecule has 1 aromatic carbocycles. The van der Waals surface area contributed by atoms with Gasteiger partial charge in [-0.15, -0.1) is 0 Å². The van der Waals surface area contributed by atoms with Crippen LogP contribution in [-0.4, -0.2) is 22.1 Å². The first kappa shape index (κ1) is 9.93. The molecule has 0 aromatic heterocycles. The molecule has 1 aromatic rings. The minimum absolute atomic E-state index is 0.0913. The Morgan fingerprint density at radius 1 is 1.33 bits per heavy atom. The van der Waals surface area contributed by atoms with Crippen molar-refractivity contribution in [2.24, 2.45) is 0 Å². The monoisotopic (exact) mass is 203 g/mol. The molecule has 0 saturated heterocycles. The maximum Gasteiger partial charge on any atom is 0.251 e. The molecule has 3 nitrogen and oxygen atoms in total. The van der Waals surface area contributed by atoms with Crippen molar-refractivity contribution in [3.05, 3.63) is 47.5 Å². The maximum atomic E-state index is 11.6. The molecule has 78 valence electrons. The Labute approximate surface area is 88.6 Å². The number of nitrogens with zero attached hydrogens (tertiary/aromatic N) is 1. The Kier molecular flexibility index (Phi) is 2.56. The van der Waals surface area contributed by atoms with Crippen molar-refractivity contribution in [3.8, 4) is 0 Å². The van der Waals surface area contributed by atoms with Crippen LogP contribution in [0.25, 0.3) is 0 Å². The Hall–Kier alpha value is -1.61. The molecule has 0 bridgehead atoms. The quantitative estimate of drug-likeness (QED) is 0.787. The van der Waals surface area contributed by atoms with Gasteiger partial charge in [-0.05, 0) is 18.6 Å². The summed E-state index contributed by atoms with van der Waals surface area (Å²) in [6.07, 6.45) is 0.795. The van der Waals surface area contributed by atoms with Gasteiger partial charge in [-0.1, -0.05) is 30.3 Å². The number of aliphatic hydroxyl groups excluding tert-OH is 1. The molecule has 0 unspecified atom stereocenters. The lowest BCUT2D eigenvalue weighted by atomic mass is 10.2. The first-order chi connectivity index (χ1) is 7.18. The van der Waals surface area contributed by atoms with Crippen LogP contribution in [0.15, 0.2) is 42.0 Å². The van der Waals surface area contributed by atoms with E-state index in [0.717, 1.165) is 5.56 Å². The molecule has 1 N–H and O–H groups in total. The Balaban J connectivity index is 2.12. The zero-order valence-corrected chi connectivity index (χ0v) is 8.55. The third-order valence-corrected chi connectivity index (χ3v) is 2.51. The van der Waals surface area contributed by atoms with Crippen LogP contribution in [0, 0.1) is 0 Å². The molecule has 15 heavy (non-hydrogen) atoms. The molecule has 0 radical (unpaired) electrons. The third kappa shape index (κ3) is 1.92. The number of rotatable bonds is 2. The largest absolute Gasteiger partial charge is 0.370 e. The van der Waals surface area contributed by atoms with Crippen molar-refractivity contribution in [1.29, 1.82) is 0 Å². The van der Waals surface area contributed by atoms with E-state index in [1.165, 1.54) is 4.90 Å². The van der Waals surface area contributed by atoms with Crippen molar-refractivity contribution < 1.29 is 9.90 Å². The number of hydrogen-bond acceptors (Lipinski definition) is 2. The van der Waals surface area contributed by atoms with E-state index in [0.29, 0.717) is 12.1 Å². The van der Waals surface area contributed by atoms with Crippen LogP contribution in [0.4, 0.5) is 0 Å². The number of carbonyl (C=O) groups excluding carboxylic acids is 1. The highest BCUT2D eigenvalue weighted by molar-refractivity contribution is 5.95. The van der Waals surface area contributed by atoms with E-state index in [2.05, 4.69) is 0 Å². The van der Waals surface area contributed by atoms with Gasteiger partial charge in [-0.3, -0.25) is 4.79 Å². The fraction of sp³-hybridized carbons (Fsp3) is 0.250. The fourth-order valence-electron chi connectivity index (χ4n) is 1.68. The highest BCUT2D eigenvalue weighted by Crippen LogP contribution is 2.18. The molecule has 1 amide bonds. The summed E-state index contributed by atoms with van der Waals surface area (Å²) in [5.74, 6) is -0.0913. The van der Waals surface area contributed by atoms with Crippen LogP contribution < -0.4 is 0 Å². The highest BCUT2D eigenvalue weighted by Gasteiger charge is 2.27. The van der Waals surface area contributed by atoms with Crippen molar-refractivity contribution in [3.63, 3.8) is 0 Å². The second kappa shape index (κ2) is 3.87. The second-order valence-electron chi connectivity index (χ2n) is 3.68. The average Bonchev–Trinajstić information content (AvgIpc) is 2.47. The summed E-state index contributed by atoms with van der Waals surface area (Å²) in [5.41, 5.74) is 1.63. The Morgan fingerprint density at radius 2 is 2.00 bits per heavy atom. The van der Waals surface area contributed by atoms with Gasteiger partial charge in [0.15, 0.2) is 0 Å². The van der Waals surface area contributed by atoms with Gasteiger partial charge in [-0.2, -0.15) is 0 Å². The van der Waals surface area contributed by atoms with E-state index in [4.69, 9.17) is 0 Å². The van der Waals surface area contributed by atoms with Gasteiger partial charge in [0.25, 0.3) is 5.91 Å². The van der Waals surface area contributed by atoms with Gasteiger partial charge in [0.2, 0.25) is 0 Å². The Bertz CT molecular complexity index is 397. The number of benzene rings is 1. The Morgan fingerprint density at radius 3 is 2.53 bits per heavy atom. The number of aliphatic hydroxyl groups is 1. The van der Waals surface area contributed by atoms with E-state index in [1.54, 1.807) is 13.0 Å². The maximum absolute atomic E-state index is 11.6. The van der Waals surface area contributed by atoms with E-state index in [1.807, 2.05) is 30.3 Å².